The molecule has 3 rings (SSSR count). The van der Waals surface area contributed by atoms with E-state index in [1.54, 1.807) is 19.2 Å². The summed E-state index contributed by atoms with van der Waals surface area (Å²) in [6, 6.07) is 4.60. The number of hydrogen-bond acceptors (Lipinski definition) is 3. The van der Waals surface area contributed by atoms with Crippen LogP contribution in [0.3, 0.4) is 0 Å². The molecular weight excluding hydrogens is 309 g/mol. The fourth-order valence-corrected chi connectivity index (χ4v) is 2.46. The smallest absolute Gasteiger partial charge is 0.339 e. The average Bonchev–Trinajstić information content (AvgIpc) is 2.92. The van der Waals surface area contributed by atoms with Crippen LogP contribution in [0, 0.1) is 12.7 Å². The number of aromatic nitrogens is 2. The number of carboxylic acids is 1. The molecule has 0 aliphatic heterocycles. The zero-order valence-corrected chi connectivity index (χ0v) is 12.2. The molecule has 0 spiro atoms. The molecule has 0 amide bonds. The average molecular weight is 320 g/mol. The van der Waals surface area contributed by atoms with Gasteiger partial charge in [-0.25, -0.2) is 14.2 Å². The van der Waals surface area contributed by atoms with Crippen molar-refractivity contribution in [1.82, 2.24) is 9.38 Å². The van der Waals surface area contributed by atoms with Gasteiger partial charge in [0.1, 0.15) is 16.4 Å². The molecule has 5 nitrogen and oxygen atoms in total. The van der Waals surface area contributed by atoms with E-state index < -0.39 is 11.8 Å². The molecule has 0 saturated carbocycles. The number of fused-ring (bicyclic) bond motifs is 1. The Kier molecular flexibility index (Phi) is 3.46. The number of nitrogens with one attached hydrogen (secondary N) is 1. The monoisotopic (exact) mass is 319 g/mol. The number of carboxylic acid groups (broad SMARTS) is 1. The minimum Gasteiger partial charge on any atom is -0.478 e. The number of hydrogen-bond donors (Lipinski definition) is 2. The van der Waals surface area contributed by atoms with E-state index in [2.05, 4.69) is 10.3 Å². The fraction of sp³-hybridized carbons (Fsp3) is 0.0667. The van der Waals surface area contributed by atoms with Crippen molar-refractivity contribution in [3.8, 4) is 0 Å². The fourth-order valence-electron chi connectivity index (χ4n) is 2.16. The first kappa shape index (κ1) is 14.3. The van der Waals surface area contributed by atoms with Crippen LogP contribution < -0.4 is 5.32 Å². The highest BCUT2D eigenvalue weighted by atomic mass is 35.5. The Morgan fingerprint density at radius 3 is 2.91 bits per heavy atom. The molecule has 1 aromatic carbocycles. The lowest BCUT2D eigenvalue weighted by Crippen LogP contribution is -2.07. The van der Waals surface area contributed by atoms with Crippen molar-refractivity contribution in [3.63, 3.8) is 0 Å². The minimum absolute atomic E-state index is 0.0736. The van der Waals surface area contributed by atoms with Gasteiger partial charge < -0.3 is 14.8 Å². The van der Waals surface area contributed by atoms with Gasteiger partial charge in [0.2, 0.25) is 0 Å². The van der Waals surface area contributed by atoms with Gasteiger partial charge in [0.05, 0.1) is 11.4 Å². The van der Waals surface area contributed by atoms with E-state index in [9.17, 15) is 14.3 Å². The molecular formula is C15H11ClFN3O2. The molecule has 0 aliphatic carbocycles. The highest BCUT2D eigenvalue weighted by molar-refractivity contribution is 6.37. The third-order valence-electron chi connectivity index (χ3n) is 3.24. The number of nitrogens with zero attached hydrogens (tertiary/aromatic N) is 2. The van der Waals surface area contributed by atoms with Gasteiger partial charge >= 0.3 is 5.97 Å². The topological polar surface area (TPSA) is 66.6 Å². The minimum atomic E-state index is -1.17. The predicted molar refractivity (Wildman–Crippen MR) is 81.6 cm³/mol. The number of halogens is 2. The van der Waals surface area contributed by atoms with Gasteiger partial charge in [-0.05, 0) is 24.6 Å². The molecule has 2 heterocycles. The van der Waals surface area contributed by atoms with Crippen LogP contribution in [-0.4, -0.2) is 20.5 Å². The summed E-state index contributed by atoms with van der Waals surface area (Å²) in [5.41, 5.74) is 1.33. The van der Waals surface area contributed by atoms with E-state index in [4.69, 9.17) is 11.6 Å². The van der Waals surface area contributed by atoms with Crippen LogP contribution in [0.2, 0.25) is 5.02 Å². The quantitative estimate of drug-likeness (QED) is 0.769. The molecule has 0 unspecified atom stereocenters. The van der Waals surface area contributed by atoms with Crippen molar-refractivity contribution < 1.29 is 14.3 Å². The number of pyridine rings is 1. The molecule has 0 saturated heterocycles. The van der Waals surface area contributed by atoms with Gasteiger partial charge in [-0.2, -0.15) is 0 Å². The molecule has 3 aromatic rings. The Hall–Kier alpha value is -2.60. The second-order valence-corrected chi connectivity index (χ2v) is 5.18. The van der Waals surface area contributed by atoms with Crippen LogP contribution in [0.15, 0.2) is 36.8 Å². The van der Waals surface area contributed by atoms with Gasteiger partial charge in [0.25, 0.3) is 0 Å². The van der Waals surface area contributed by atoms with E-state index in [0.29, 0.717) is 5.65 Å². The van der Waals surface area contributed by atoms with Crippen molar-refractivity contribution in [2.24, 2.45) is 0 Å². The summed E-state index contributed by atoms with van der Waals surface area (Å²) in [6.45, 7) is 1.76. The molecule has 0 bridgehead atoms. The lowest BCUT2D eigenvalue weighted by molar-refractivity contribution is 0.0697. The normalized spacial score (nSPS) is 10.9. The van der Waals surface area contributed by atoms with E-state index in [0.717, 1.165) is 5.56 Å². The highest BCUT2D eigenvalue weighted by Gasteiger charge is 2.19. The second-order valence-electron chi connectivity index (χ2n) is 4.80. The molecule has 2 aromatic heterocycles. The number of imidazole rings is 1. The molecule has 2 N–H and O–H groups in total. The van der Waals surface area contributed by atoms with Gasteiger partial charge in [0, 0.05) is 18.6 Å². The summed E-state index contributed by atoms with van der Waals surface area (Å²) in [4.78, 5) is 15.5. The van der Waals surface area contributed by atoms with Crippen molar-refractivity contribution in [2.75, 3.05) is 5.32 Å². The zero-order chi connectivity index (χ0) is 15.9. The molecule has 7 heteroatoms. The first-order valence-corrected chi connectivity index (χ1v) is 6.77. The summed E-state index contributed by atoms with van der Waals surface area (Å²) in [7, 11) is 0. The number of aromatic carboxylic acids is 1. The van der Waals surface area contributed by atoms with Crippen LogP contribution >= 0.6 is 11.6 Å². The Balaban J connectivity index is 2.18. The van der Waals surface area contributed by atoms with E-state index in [1.807, 2.05) is 0 Å². The summed E-state index contributed by atoms with van der Waals surface area (Å²) >= 11 is 6.23. The summed E-state index contributed by atoms with van der Waals surface area (Å²) in [5, 5.41) is 12.2. The zero-order valence-electron chi connectivity index (χ0n) is 11.5. The number of benzene rings is 1. The van der Waals surface area contributed by atoms with Crippen molar-refractivity contribution in [2.45, 2.75) is 6.92 Å². The number of aryl methyl sites for hydroxylation is 1. The number of carbonyl (C=O) groups is 1. The van der Waals surface area contributed by atoms with Crippen LogP contribution in [-0.2, 0) is 0 Å². The second kappa shape index (κ2) is 5.31. The maximum Gasteiger partial charge on any atom is 0.339 e. The van der Waals surface area contributed by atoms with E-state index in [1.165, 1.54) is 28.9 Å². The van der Waals surface area contributed by atoms with Crippen LogP contribution in [0.4, 0.5) is 15.8 Å². The molecule has 22 heavy (non-hydrogen) atoms. The third kappa shape index (κ3) is 2.37. The highest BCUT2D eigenvalue weighted by Crippen LogP contribution is 2.33. The van der Waals surface area contributed by atoms with Crippen molar-refractivity contribution >= 4 is 34.6 Å². The Morgan fingerprint density at radius 2 is 2.23 bits per heavy atom. The molecule has 0 radical (unpaired) electrons. The first-order valence-electron chi connectivity index (χ1n) is 6.39. The Labute approximate surface area is 130 Å². The summed E-state index contributed by atoms with van der Waals surface area (Å²) in [6.07, 6.45) is 4.47. The van der Waals surface area contributed by atoms with Crippen LogP contribution in [0.1, 0.15) is 15.9 Å². The lowest BCUT2D eigenvalue weighted by atomic mass is 10.2. The van der Waals surface area contributed by atoms with E-state index >= 15 is 0 Å². The SMILES string of the molecule is Cc1ccc(Nc2c(C(=O)O)cn3ccnc3c2Cl)c(F)c1. The largest absolute Gasteiger partial charge is 0.478 e. The van der Waals surface area contributed by atoms with Crippen molar-refractivity contribution in [1.29, 1.82) is 0 Å². The summed E-state index contributed by atoms with van der Waals surface area (Å²) in [5.74, 6) is -1.66. The van der Waals surface area contributed by atoms with Gasteiger partial charge in [0.15, 0.2) is 5.65 Å². The van der Waals surface area contributed by atoms with Gasteiger partial charge in [-0.3, -0.25) is 0 Å². The van der Waals surface area contributed by atoms with E-state index in [-0.39, 0.29) is 22.0 Å². The van der Waals surface area contributed by atoms with Gasteiger partial charge in [-0.1, -0.05) is 17.7 Å². The maximum absolute atomic E-state index is 14.0. The molecule has 112 valence electrons. The Morgan fingerprint density at radius 1 is 1.45 bits per heavy atom. The maximum atomic E-state index is 14.0. The van der Waals surface area contributed by atoms with Gasteiger partial charge in [-0.15, -0.1) is 0 Å². The lowest BCUT2D eigenvalue weighted by Gasteiger charge is -2.13. The molecule has 0 fully saturated rings. The Bertz CT molecular complexity index is 892. The number of rotatable bonds is 3. The predicted octanol–water partition coefficient (Wildman–Crippen LogP) is 3.88. The van der Waals surface area contributed by atoms with Crippen LogP contribution in [0.5, 0.6) is 0 Å². The molecule has 0 atom stereocenters. The van der Waals surface area contributed by atoms with Crippen LogP contribution in [0.25, 0.3) is 5.65 Å². The number of anilines is 2. The first-order chi connectivity index (χ1) is 10.5. The standard InChI is InChI=1S/C15H11ClFN3O2/c1-8-2-3-11(10(17)6-8)19-13-9(15(21)22)7-20-5-4-18-14(20)12(13)16/h2-7,19H,1H3,(H,21,22). The third-order valence-corrected chi connectivity index (χ3v) is 3.59. The van der Waals surface area contributed by atoms with Crippen molar-refractivity contribution in [3.05, 3.63) is 58.8 Å². The summed E-state index contributed by atoms with van der Waals surface area (Å²) < 4.78 is 15.5. The molecule has 0 aliphatic rings.